The molecule has 8 nitrogen and oxygen atoms in total. The van der Waals surface area contributed by atoms with Crippen molar-refractivity contribution in [1.82, 2.24) is 9.13 Å². The number of carbonyl (C=O) groups excluding carboxylic acids is 1. The molecule has 10 heteroatoms. The number of hydrogen-bond acceptors (Lipinski definition) is 4. The van der Waals surface area contributed by atoms with E-state index in [2.05, 4.69) is 21.2 Å². The van der Waals surface area contributed by atoms with E-state index in [0.717, 1.165) is 26.1 Å². The summed E-state index contributed by atoms with van der Waals surface area (Å²) >= 11 is 3.38. The van der Waals surface area contributed by atoms with Gasteiger partial charge in [0, 0.05) is 24.3 Å². The van der Waals surface area contributed by atoms with Crippen LogP contribution in [0.15, 0.2) is 45.7 Å². The molecule has 0 fully saturated rings. The van der Waals surface area contributed by atoms with E-state index in [9.17, 15) is 18.0 Å². The van der Waals surface area contributed by atoms with Gasteiger partial charge in [-0.3, -0.25) is 18.2 Å². The van der Waals surface area contributed by atoms with E-state index >= 15 is 0 Å². The Kier molecular flexibility index (Phi) is 5.59. The third kappa shape index (κ3) is 4.23. The van der Waals surface area contributed by atoms with E-state index in [1.54, 1.807) is 50.5 Å². The average molecular weight is 481 g/mol. The van der Waals surface area contributed by atoms with Crippen molar-refractivity contribution in [3.05, 3.63) is 56.9 Å². The Bertz CT molecular complexity index is 1280. The molecule has 1 aromatic heterocycles. The van der Waals surface area contributed by atoms with Crippen LogP contribution in [0.2, 0.25) is 0 Å². The molecule has 0 aliphatic heterocycles. The summed E-state index contributed by atoms with van der Waals surface area (Å²) < 4.78 is 29.4. The van der Waals surface area contributed by atoms with E-state index < -0.39 is 15.9 Å². The first-order valence-electron chi connectivity index (χ1n) is 8.68. The van der Waals surface area contributed by atoms with Gasteiger partial charge in [0.2, 0.25) is 15.9 Å². The second kappa shape index (κ2) is 7.68. The van der Waals surface area contributed by atoms with Crippen molar-refractivity contribution in [2.75, 3.05) is 22.4 Å². The Morgan fingerprint density at radius 3 is 2.38 bits per heavy atom. The molecule has 0 unspecified atom stereocenters. The molecule has 1 N–H and O–H groups in total. The highest BCUT2D eigenvalue weighted by Crippen LogP contribution is 2.25. The van der Waals surface area contributed by atoms with Gasteiger partial charge >= 0.3 is 5.69 Å². The molecule has 0 saturated carbocycles. The smallest absolute Gasteiger partial charge is 0.324 e. The van der Waals surface area contributed by atoms with Gasteiger partial charge in [0.15, 0.2) is 0 Å². The van der Waals surface area contributed by atoms with Crippen molar-refractivity contribution in [2.24, 2.45) is 14.1 Å². The second-order valence-electron chi connectivity index (χ2n) is 6.86. The average Bonchev–Trinajstić information content (AvgIpc) is 2.85. The maximum absolute atomic E-state index is 12.6. The number of hydrogen-bond donors (Lipinski definition) is 1. The normalized spacial score (nSPS) is 11.6. The van der Waals surface area contributed by atoms with Crippen LogP contribution in [0.1, 0.15) is 5.56 Å². The van der Waals surface area contributed by atoms with Gasteiger partial charge in [0.05, 0.1) is 23.0 Å². The summed E-state index contributed by atoms with van der Waals surface area (Å²) in [6.07, 6.45) is 1.06. The molecule has 3 aromatic rings. The van der Waals surface area contributed by atoms with E-state index in [4.69, 9.17) is 0 Å². The fourth-order valence-electron chi connectivity index (χ4n) is 3.10. The zero-order valence-corrected chi connectivity index (χ0v) is 18.8. The first kappa shape index (κ1) is 21.1. The van der Waals surface area contributed by atoms with Crippen molar-refractivity contribution in [3.8, 4) is 0 Å². The number of nitrogens with one attached hydrogen (secondary N) is 1. The minimum atomic E-state index is -3.67. The molecule has 0 atom stereocenters. The minimum absolute atomic E-state index is 0.169. The minimum Gasteiger partial charge on any atom is -0.324 e. The predicted octanol–water partition coefficient (Wildman–Crippen LogP) is 2.35. The first-order valence-corrected chi connectivity index (χ1v) is 11.3. The number of halogens is 1. The zero-order chi connectivity index (χ0) is 21.5. The maximum atomic E-state index is 12.6. The largest absolute Gasteiger partial charge is 0.328 e. The molecule has 3 rings (SSSR count). The van der Waals surface area contributed by atoms with Gasteiger partial charge in [-0.25, -0.2) is 13.2 Å². The molecule has 0 aliphatic carbocycles. The van der Waals surface area contributed by atoms with Gasteiger partial charge in [0.25, 0.3) is 0 Å². The molecule has 0 bridgehead atoms. The molecule has 0 spiro atoms. The predicted molar refractivity (Wildman–Crippen MR) is 118 cm³/mol. The molecular weight excluding hydrogens is 460 g/mol. The molecule has 0 aliphatic rings. The Morgan fingerprint density at radius 2 is 1.76 bits per heavy atom. The van der Waals surface area contributed by atoms with Crippen LogP contribution in [-0.4, -0.2) is 36.3 Å². The number of nitrogens with zero attached hydrogens (tertiary/aromatic N) is 3. The summed E-state index contributed by atoms with van der Waals surface area (Å²) in [4.78, 5) is 24.6. The van der Waals surface area contributed by atoms with Crippen LogP contribution in [-0.2, 0) is 28.9 Å². The Morgan fingerprint density at radius 1 is 1.10 bits per heavy atom. The third-order valence-corrected chi connectivity index (χ3v) is 6.70. The molecule has 29 heavy (non-hydrogen) atoms. The Balaban J connectivity index is 1.87. The summed E-state index contributed by atoms with van der Waals surface area (Å²) in [6, 6.07) is 10.2. The molecule has 1 amide bonds. The van der Waals surface area contributed by atoms with Crippen LogP contribution in [0.25, 0.3) is 11.0 Å². The van der Waals surface area contributed by atoms with Crippen LogP contribution >= 0.6 is 15.9 Å². The van der Waals surface area contributed by atoms with Gasteiger partial charge < -0.3 is 5.32 Å². The van der Waals surface area contributed by atoms with E-state index in [0.29, 0.717) is 16.9 Å². The van der Waals surface area contributed by atoms with E-state index in [-0.39, 0.29) is 12.2 Å². The second-order valence-corrected chi connectivity index (χ2v) is 9.62. The van der Waals surface area contributed by atoms with Crippen molar-refractivity contribution >= 4 is 54.3 Å². The molecule has 0 radical (unpaired) electrons. The number of benzene rings is 2. The fourth-order valence-corrected chi connectivity index (χ4v) is 4.19. The van der Waals surface area contributed by atoms with Crippen LogP contribution in [0, 0.1) is 6.92 Å². The van der Waals surface area contributed by atoms with Crippen LogP contribution < -0.4 is 15.3 Å². The SMILES string of the molecule is Cc1cc(N(CC(=O)Nc2ccc3c(c2)n(C)c(=O)n3C)S(C)(=O)=O)ccc1Br. The number of imidazole rings is 1. The highest BCUT2D eigenvalue weighted by molar-refractivity contribution is 9.10. The van der Waals surface area contributed by atoms with Crippen LogP contribution in [0.4, 0.5) is 11.4 Å². The molecule has 1 heterocycles. The van der Waals surface area contributed by atoms with E-state index in [1.807, 2.05) is 6.92 Å². The zero-order valence-electron chi connectivity index (χ0n) is 16.4. The molecule has 154 valence electrons. The topological polar surface area (TPSA) is 93.4 Å². The van der Waals surface area contributed by atoms with Crippen LogP contribution in [0.5, 0.6) is 0 Å². The van der Waals surface area contributed by atoms with Crippen LogP contribution in [0.3, 0.4) is 0 Å². The van der Waals surface area contributed by atoms with Gasteiger partial charge in [-0.2, -0.15) is 0 Å². The fraction of sp³-hybridized carbons (Fsp3) is 0.263. The van der Waals surface area contributed by atoms with Gasteiger partial charge in [-0.05, 0) is 48.9 Å². The lowest BCUT2D eigenvalue weighted by Crippen LogP contribution is -2.37. The van der Waals surface area contributed by atoms with Gasteiger partial charge in [-0.1, -0.05) is 15.9 Å². The number of fused-ring (bicyclic) bond motifs is 1. The van der Waals surface area contributed by atoms with Crippen molar-refractivity contribution < 1.29 is 13.2 Å². The maximum Gasteiger partial charge on any atom is 0.328 e. The Hall–Kier alpha value is -2.59. The monoisotopic (exact) mass is 480 g/mol. The summed E-state index contributed by atoms with van der Waals surface area (Å²) in [6.45, 7) is 1.47. The molecule has 0 saturated heterocycles. The number of amides is 1. The lowest BCUT2D eigenvalue weighted by molar-refractivity contribution is -0.114. The summed E-state index contributed by atoms with van der Waals surface area (Å²) in [5, 5.41) is 2.71. The highest BCUT2D eigenvalue weighted by Gasteiger charge is 2.21. The summed E-state index contributed by atoms with van der Waals surface area (Å²) in [5.74, 6) is -0.490. The number of anilines is 2. The lowest BCUT2D eigenvalue weighted by atomic mass is 10.2. The van der Waals surface area contributed by atoms with Gasteiger partial charge in [-0.15, -0.1) is 0 Å². The number of rotatable bonds is 5. The number of aromatic nitrogens is 2. The third-order valence-electron chi connectivity index (χ3n) is 4.67. The number of aryl methyl sites for hydroxylation is 3. The first-order chi connectivity index (χ1) is 13.5. The summed E-state index contributed by atoms with van der Waals surface area (Å²) in [7, 11) is -0.346. The van der Waals surface area contributed by atoms with Crippen molar-refractivity contribution in [1.29, 1.82) is 0 Å². The van der Waals surface area contributed by atoms with Crippen molar-refractivity contribution in [2.45, 2.75) is 6.92 Å². The summed E-state index contributed by atoms with van der Waals surface area (Å²) in [5.41, 5.74) is 2.97. The lowest BCUT2D eigenvalue weighted by Gasteiger charge is -2.22. The van der Waals surface area contributed by atoms with Gasteiger partial charge in [0.1, 0.15) is 6.54 Å². The van der Waals surface area contributed by atoms with E-state index in [1.165, 1.54) is 9.13 Å². The standard InChI is InChI=1S/C19H21BrN4O4S/c1-12-9-14(6-7-15(12)20)24(29(4,27)28)11-18(25)21-13-5-8-16-17(10-13)23(3)19(26)22(16)2/h5-10H,11H2,1-4H3,(H,21,25). The molecule has 2 aromatic carbocycles. The number of carbonyl (C=O) groups is 1. The highest BCUT2D eigenvalue weighted by atomic mass is 79.9. The Labute approximate surface area is 176 Å². The number of sulfonamides is 1. The quantitative estimate of drug-likeness (QED) is 0.606. The van der Waals surface area contributed by atoms with Crippen molar-refractivity contribution in [3.63, 3.8) is 0 Å². The molecular formula is C19H21BrN4O4S.